The van der Waals surface area contributed by atoms with Gasteiger partial charge >= 0.3 is 0 Å². The summed E-state index contributed by atoms with van der Waals surface area (Å²) in [6, 6.07) is 10.1. The van der Waals surface area contributed by atoms with Crippen LogP contribution < -0.4 is 11.1 Å². The number of benzene rings is 1. The Hall–Kier alpha value is -2.27. The molecule has 0 aliphatic heterocycles. The molecular formula is C15H16ClN3O2. The van der Waals surface area contributed by atoms with Gasteiger partial charge in [0, 0.05) is 18.3 Å². The third-order valence-electron chi connectivity index (χ3n) is 3.43. The Balaban J connectivity index is 2.38. The SMILES string of the molecule is Cn1cccc1C(=O)N[C@@](C)(C(N)=O)c1cccc(Cl)c1. The molecule has 0 spiro atoms. The number of hydrogen-bond acceptors (Lipinski definition) is 2. The van der Waals surface area contributed by atoms with Crippen LogP contribution in [-0.4, -0.2) is 16.4 Å². The molecule has 6 heteroatoms. The molecule has 1 heterocycles. The Labute approximate surface area is 127 Å². The number of nitrogens with two attached hydrogens (primary N) is 1. The first-order chi connectivity index (χ1) is 9.84. The fourth-order valence-corrected chi connectivity index (χ4v) is 2.25. The maximum atomic E-state index is 12.3. The van der Waals surface area contributed by atoms with Gasteiger partial charge in [-0.15, -0.1) is 0 Å². The fourth-order valence-electron chi connectivity index (χ4n) is 2.06. The van der Waals surface area contributed by atoms with Crippen LogP contribution in [0.1, 0.15) is 23.0 Å². The van der Waals surface area contributed by atoms with Gasteiger partial charge in [-0.05, 0) is 36.8 Å². The number of hydrogen-bond donors (Lipinski definition) is 2. The van der Waals surface area contributed by atoms with Crippen LogP contribution in [0.2, 0.25) is 5.02 Å². The number of nitrogens with zero attached hydrogens (tertiary/aromatic N) is 1. The molecule has 2 rings (SSSR count). The minimum absolute atomic E-state index is 0.385. The van der Waals surface area contributed by atoms with Crippen molar-refractivity contribution in [1.29, 1.82) is 0 Å². The van der Waals surface area contributed by atoms with Gasteiger partial charge in [0.25, 0.3) is 5.91 Å². The maximum Gasteiger partial charge on any atom is 0.268 e. The molecule has 0 aliphatic rings. The lowest BCUT2D eigenvalue weighted by molar-refractivity contribution is -0.123. The van der Waals surface area contributed by atoms with Gasteiger partial charge in [-0.3, -0.25) is 9.59 Å². The highest BCUT2D eigenvalue weighted by Gasteiger charge is 2.35. The molecule has 0 radical (unpaired) electrons. The fraction of sp³-hybridized carbons (Fsp3) is 0.200. The van der Waals surface area contributed by atoms with Gasteiger partial charge < -0.3 is 15.6 Å². The van der Waals surface area contributed by atoms with Crippen LogP contribution in [0.3, 0.4) is 0 Å². The zero-order valence-corrected chi connectivity index (χ0v) is 12.5. The average Bonchev–Trinajstić information content (AvgIpc) is 2.84. The Bertz CT molecular complexity index is 696. The first-order valence-electron chi connectivity index (χ1n) is 6.34. The van der Waals surface area contributed by atoms with Gasteiger partial charge in [-0.25, -0.2) is 0 Å². The Morgan fingerprint density at radius 3 is 2.52 bits per heavy atom. The van der Waals surface area contributed by atoms with Gasteiger partial charge in [0.15, 0.2) is 0 Å². The van der Waals surface area contributed by atoms with Crippen molar-refractivity contribution in [3.8, 4) is 0 Å². The lowest BCUT2D eigenvalue weighted by atomic mass is 9.91. The van der Waals surface area contributed by atoms with E-state index in [-0.39, 0.29) is 5.91 Å². The van der Waals surface area contributed by atoms with Gasteiger partial charge in [0.1, 0.15) is 11.2 Å². The predicted molar refractivity (Wildman–Crippen MR) is 80.9 cm³/mol. The summed E-state index contributed by atoms with van der Waals surface area (Å²) in [5.41, 5.74) is 5.12. The van der Waals surface area contributed by atoms with Crippen LogP contribution in [0.5, 0.6) is 0 Å². The second-order valence-electron chi connectivity index (χ2n) is 4.96. The highest BCUT2D eigenvalue weighted by Crippen LogP contribution is 2.24. The largest absolute Gasteiger partial charge is 0.367 e. The number of amides is 2. The van der Waals surface area contributed by atoms with Crippen LogP contribution in [0.25, 0.3) is 0 Å². The van der Waals surface area contributed by atoms with Crippen molar-refractivity contribution in [2.45, 2.75) is 12.5 Å². The van der Waals surface area contributed by atoms with Crippen molar-refractivity contribution in [3.05, 3.63) is 58.9 Å². The molecule has 1 aromatic heterocycles. The summed E-state index contributed by atoms with van der Waals surface area (Å²) in [6.07, 6.45) is 1.75. The molecule has 0 bridgehead atoms. The monoisotopic (exact) mass is 305 g/mol. The van der Waals surface area contributed by atoms with Crippen LogP contribution >= 0.6 is 11.6 Å². The lowest BCUT2D eigenvalue weighted by Gasteiger charge is -2.28. The van der Waals surface area contributed by atoms with Gasteiger partial charge in [0.05, 0.1) is 0 Å². The molecule has 0 saturated heterocycles. The molecule has 0 unspecified atom stereocenters. The van der Waals surface area contributed by atoms with Gasteiger partial charge in [0.2, 0.25) is 5.91 Å². The minimum atomic E-state index is -1.34. The highest BCUT2D eigenvalue weighted by atomic mass is 35.5. The first-order valence-corrected chi connectivity index (χ1v) is 6.72. The summed E-state index contributed by atoms with van der Waals surface area (Å²) in [7, 11) is 1.75. The standard InChI is InChI=1S/C15H16ClN3O2/c1-15(14(17)21,10-5-3-6-11(16)9-10)18-13(20)12-7-4-8-19(12)2/h3-9H,1-2H3,(H2,17,21)(H,18,20)/t15-/m1/s1. The number of primary amides is 1. The highest BCUT2D eigenvalue weighted by molar-refractivity contribution is 6.30. The molecule has 3 N–H and O–H groups in total. The maximum absolute atomic E-state index is 12.3. The second kappa shape index (κ2) is 5.61. The molecular weight excluding hydrogens is 290 g/mol. The van der Waals surface area contributed by atoms with E-state index in [4.69, 9.17) is 17.3 Å². The van der Waals surface area contributed by atoms with Gasteiger partial charge in [-0.2, -0.15) is 0 Å². The predicted octanol–water partition coefficient (Wildman–Crippen LogP) is 1.81. The minimum Gasteiger partial charge on any atom is -0.367 e. The Kier molecular flexibility index (Phi) is 4.04. The first kappa shape index (κ1) is 15.1. The van der Waals surface area contributed by atoms with E-state index in [2.05, 4.69) is 5.32 Å². The number of aryl methyl sites for hydroxylation is 1. The van der Waals surface area contributed by atoms with Crippen LogP contribution in [-0.2, 0) is 17.4 Å². The number of carbonyl (C=O) groups is 2. The summed E-state index contributed by atoms with van der Waals surface area (Å²) < 4.78 is 1.66. The summed E-state index contributed by atoms with van der Waals surface area (Å²) in [5.74, 6) is -1.05. The third-order valence-corrected chi connectivity index (χ3v) is 3.67. The molecule has 1 aromatic carbocycles. The molecule has 2 amide bonds. The number of halogens is 1. The molecule has 1 atom stereocenters. The molecule has 5 nitrogen and oxygen atoms in total. The zero-order valence-electron chi connectivity index (χ0n) is 11.8. The van der Waals surface area contributed by atoms with E-state index in [0.29, 0.717) is 16.3 Å². The van der Waals surface area contributed by atoms with Crippen molar-refractivity contribution in [3.63, 3.8) is 0 Å². The summed E-state index contributed by atoms with van der Waals surface area (Å²) in [5, 5.41) is 3.15. The van der Waals surface area contributed by atoms with Crippen molar-refractivity contribution >= 4 is 23.4 Å². The van der Waals surface area contributed by atoms with E-state index in [9.17, 15) is 9.59 Å². The molecule has 0 fully saturated rings. The molecule has 0 saturated carbocycles. The number of carbonyl (C=O) groups excluding carboxylic acids is 2. The van der Waals surface area contributed by atoms with Crippen molar-refractivity contribution in [2.75, 3.05) is 0 Å². The van der Waals surface area contributed by atoms with E-state index in [1.165, 1.54) is 0 Å². The summed E-state index contributed by atoms with van der Waals surface area (Å²) >= 11 is 5.95. The number of rotatable bonds is 4. The smallest absolute Gasteiger partial charge is 0.268 e. The average molecular weight is 306 g/mol. The molecule has 2 aromatic rings. The second-order valence-corrected chi connectivity index (χ2v) is 5.39. The topological polar surface area (TPSA) is 77.1 Å². The Morgan fingerprint density at radius 1 is 1.29 bits per heavy atom. The van der Waals surface area contributed by atoms with Crippen molar-refractivity contribution < 1.29 is 9.59 Å². The molecule has 0 aliphatic carbocycles. The van der Waals surface area contributed by atoms with Crippen LogP contribution in [0, 0.1) is 0 Å². The van der Waals surface area contributed by atoms with Crippen LogP contribution in [0.15, 0.2) is 42.6 Å². The lowest BCUT2D eigenvalue weighted by Crippen LogP contribution is -2.53. The van der Waals surface area contributed by atoms with E-state index in [0.717, 1.165) is 0 Å². The Morgan fingerprint density at radius 2 is 2.00 bits per heavy atom. The molecule has 21 heavy (non-hydrogen) atoms. The summed E-state index contributed by atoms with van der Waals surface area (Å²) in [4.78, 5) is 24.2. The normalized spacial score (nSPS) is 13.5. The van der Waals surface area contributed by atoms with Crippen molar-refractivity contribution in [2.24, 2.45) is 12.8 Å². The van der Waals surface area contributed by atoms with E-state index in [1.54, 1.807) is 61.1 Å². The van der Waals surface area contributed by atoms with E-state index >= 15 is 0 Å². The zero-order chi connectivity index (χ0) is 15.6. The van der Waals surface area contributed by atoms with Crippen LogP contribution in [0.4, 0.5) is 0 Å². The van der Waals surface area contributed by atoms with E-state index < -0.39 is 11.4 Å². The molecule has 110 valence electrons. The summed E-state index contributed by atoms with van der Waals surface area (Å²) in [6.45, 7) is 1.56. The quantitative estimate of drug-likeness (QED) is 0.903. The number of nitrogens with one attached hydrogen (secondary N) is 1. The third kappa shape index (κ3) is 2.92. The van der Waals surface area contributed by atoms with Crippen molar-refractivity contribution in [1.82, 2.24) is 9.88 Å². The van der Waals surface area contributed by atoms with E-state index in [1.807, 2.05) is 0 Å². The number of aromatic nitrogens is 1. The van der Waals surface area contributed by atoms with Gasteiger partial charge in [-0.1, -0.05) is 23.7 Å².